The molecular formula is C9H7ClF3NO2. The molecule has 0 saturated heterocycles. The van der Waals surface area contributed by atoms with Crippen LogP contribution in [-0.4, -0.2) is 18.1 Å². The zero-order chi connectivity index (χ0) is 12.3. The van der Waals surface area contributed by atoms with Crippen molar-refractivity contribution in [3.63, 3.8) is 0 Å². The van der Waals surface area contributed by atoms with E-state index in [0.717, 1.165) is 13.3 Å². The number of hydrogen-bond donors (Lipinski definition) is 0. The van der Waals surface area contributed by atoms with Crippen molar-refractivity contribution in [3.05, 3.63) is 28.8 Å². The molecule has 0 spiro atoms. The van der Waals surface area contributed by atoms with Gasteiger partial charge in [0.1, 0.15) is 0 Å². The number of esters is 1. The van der Waals surface area contributed by atoms with Crippen molar-refractivity contribution in [2.45, 2.75) is 12.3 Å². The summed E-state index contributed by atoms with van der Waals surface area (Å²) >= 11 is 5.42. The first kappa shape index (κ1) is 12.8. The van der Waals surface area contributed by atoms with Crippen molar-refractivity contribution < 1.29 is 22.7 Å². The van der Waals surface area contributed by atoms with Crippen molar-refractivity contribution >= 4 is 17.6 Å². The first-order valence-corrected chi connectivity index (χ1v) is 4.66. The van der Waals surface area contributed by atoms with Crippen molar-refractivity contribution in [2.24, 2.45) is 0 Å². The Hall–Kier alpha value is -1.30. The summed E-state index contributed by atoms with van der Waals surface area (Å²) in [6.45, 7) is 0. The van der Waals surface area contributed by atoms with Gasteiger partial charge < -0.3 is 4.74 Å². The zero-order valence-corrected chi connectivity index (χ0v) is 8.89. The molecule has 1 aromatic rings. The number of aromatic nitrogens is 1. The third-order valence-corrected chi connectivity index (χ3v) is 2.20. The van der Waals surface area contributed by atoms with E-state index in [0.29, 0.717) is 0 Å². The standard InChI is InChI=1S/C9H7ClF3NO2/c1-16-9(15)5-3-14-8(13)6(7(11)12)4(5)2-10/h3,7H,2H2,1H3. The Morgan fingerprint density at radius 1 is 1.62 bits per heavy atom. The van der Waals surface area contributed by atoms with E-state index in [4.69, 9.17) is 11.6 Å². The molecule has 3 nitrogen and oxygen atoms in total. The summed E-state index contributed by atoms with van der Waals surface area (Å²) in [7, 11) is 1.08. The molecule has 0 radical (unpaired) electrons. The Bertz CT molecular complexity index is 412. The van der Waals surface area contributed by atoms with Crippen LogP contribution in [-0.2, 0) is 10.6 Å². The van der Waals surface area contributed by atoms with Gasteiger partial charge in [-0.15, -0.1) is 11.6 Å². The average molecular weight is 254 g/mol. The predicted molar refractivity (Wildman–Crippen MR) is 50.0 cm³/mol. The molecule has 0 saturated carbocycles. The van der Waals surface area contributed by atoms with Crippen LogP contribution < -0.4 is 0 Å². The van der Waals surface area contributed by atoms with Gasteiger partial charge in [-0.05, 0) is 5.56 Å². The molecule has 0 aliphatic rings. The Labute approximate surface area is 94.2 Å². The Morgan fingerprint density at radius 2 is 2.25 bits per heavy atom. The van der Waals surface area contributed by atoms with Crippen LogP contribution in [0.25, 0.3) is 0 Å². The van der Waals surface area contributed by atoms with Crippen LogP contribution in [0.4, 0.5) is 13.2 Å². The summed E-state index contributed by atoms with van der Waals surface area (Å²) in [5, 5.41) is 0. The number of hydrogen-bond acceptors (Lipinski definition) is 3. The molecule has 0 aliphatic heterocycles. The SMILES string of the molecule is COC(=O)c1cnc(F)c(C(F)F)c1CCl. The molecule has 16 heavy (non-hydrogen) atoms. The van der Waals surface area contributed by atoms with Gasteiger partial charge in [0.15, 0.2) is 0 Å². The predicted octanol–water partition coefficient (Wildman–Crippen LogP) is 2.68. The van der Waals surface area contributed by atoms with Gasteiger partial charge in [0.2, 0.25) is 5.95 Å². The van der Waals surface area contributed by atoms with Crippen LogP contribution in [0.3, 0.4) is 0 Å². The van der Waals surface area contributed by atoms with E-state index in [2.05, 4.69) is 9.72 Å². The molecule has 7 heteroatoms. The summed E-state index contributed by atoms with van der Waals surface area (Å²) in [6.07, 6.45) is -2.27. The van der Waals surface area contributed by atoms with Gasteiger partial charge in [-0.1, -0.05) is 0 Å². The summed E-state index contributed by atoms with van der Waals surface area (Å²) in [6, 6.07) is 0. The van der Waals surface area contributed by atoms with Crippen molar-refractivity contribution in [1.29, 1.82) is 0 Å². The minimum absolute atomic E-state index is 0.255. The molecule has 0 amide bonds. The molecule has 0 aliphatic carbocycles. The lowest BCUT2D eigenvalue weighted by atomic mass is 10.1. The average Bonchev–Trinajstić information content (AvgIpc) is 2.26. The van der Waals surface area contributed by atoms with Crippen LogP contribution in [0.5, 0.6) is 0 Å². The maximum Gasteiger partial charge on any atom is 0.339 e. The second-order valence-corrected chi connectivity index (χ2v) is 3.05. The largest absolute Gasteiger partial charge is 0.465 e. The molecule has 1 heterocycles. The third kappa shape index (κ3) is 2.27. The third-order valence-electron chi connectivity index (χ3n) is 1.94. The first-order chi connectivity index (χ1) is 7.52. The highest BCUT2D eigenvalue weighted by Crippen LogP contribution is 2.28. The number of ether oxygens (including phenoxy) is 1. The topological polar surface area (TPSA) is 39.2 Å². The Kier molecular flexibility index (Phi) is 4.12. The molecule has 0 unspecified atom stereocenters. The second-order valence-electron chi connectivity index (χ2n) is 2.78. The monoisotopic (exact) mass is 253 g/mol. The fourth-order valence-electron chi connectivity index (χ4n) is 1.19. The van der Waals surface area contributed by atoms with Gasteiger partial charge in [-0.2, -0.15) is 4.39 Å². The number of alkyl halides is 3. The highest BCUT2D eigenvalue weighted by Gasteiger charge is 2.25. The van der Waals surface area contributed by atoms with Gasteiger partial charge in [0.05, 0.1) is 18.2 Å². The molecule has 0 fully saturated rings. The van der Waals surface area contributed by atoms with Gasteiger partial charge >= 0.3 is 5.97 Å². The van der Waals surface area contributed by atoms with Gasteiger partial charge in [0, 0.05) is 12.1 Å². The highest BCUT2D eigenvalue weighted by atomic mass is 35.5. The van der Waals surface area contributed by atoms with Crippen LogP contribution in [0.2, 0.25) is 0 Å². The molecule has 1 rings (SSSR count). The number of pyridine rings is 1. The molecule has 1 aromatic heterocycles. The molecular weight excluding hydrogens is 247 g/mol. The van der Waals surface area contributed by atoms with E-state index < -0.39 is 29.8 Å². The van der Waals surface area contributed by atoms with E-state index in [1.807, 2.05) is 0 Å². The lowest BCUT2D eigenvalue weighted by Crippen LogP contribution is -2.11. The lowest BCUT2D eigenvalue weighted by Gasteiger charge is -2.10. The van der Waals surface area contributed by atoms with Crippen molar-refractivity contribution in [3.8, 4) is 0 Å². The Balaban J connectivity index is 3.42. The molecule has 0 aromatic carbocycles. The zero-order valence-electron chi connectivity index (χ0n) is 8.14. The Morgan fingerprint density at radius 3 is 2.69 bits per heavy atom. The van der Waals surface area contributed by atoms with E-state index in [1.54, 1.807) is 0 Å². The number of carbonyl (C=O) groups is 1. The normalized spacial score (nSPS) is 10.6. The summed E-state index contributed by atoms with van der Waals surface area (Å²) < 4.78 is 42.4. The van der Waals surface area contributed by atoms with Crippen molar-refractivity contribution in [1.82, 2.24) is 4.98 Å². The molecule has 0 atom stereocenters. The number of halogens is 4. The number of rotatable bonds is 3. The summed E-state index contributed by atoms with van der Waals surface area (Å²) in [4.78, 5) is 14.3. The van der Waals surface area contributed by atoms with E-state index in [9.17, 15) is 18.0 Å². The van der Waals surface area contributed by atoms with Crippen LogP contribution in [0, 0.1) is 5.95 Å². The van der Waals surface area contributed by atoms with E-state index >= 15 is 0 Å². The lowest BCUT2D eigenvalue weighted by molar-refractivity contribution is 0.0598. The smallest absolute Gasteiger partial charge is 0.339 e. The quantitative estimate of drug-likeness (QED) is 0.472. The molecule has 0 N–H and O–H groups in total. The van der Waals surface area contributed by atoms with Gasteiger partial charge in [-0.25, -0.2) is 18.6 Å². The maximum atomic E-state index is 13.0. The van der Waals surface area contributed by atoms with E-state index in [1.165, 1.54) is 0 Å². The van der Waals surface area contributed by atoms with Crippen LogP contribution >= 0.6 is 11.6 Å². The highest BCUT2D eigenvalue weighted by molar-refractivity contribution is 6.17. The number of methoxy groups -OCH3 is 1. The van der Waals surface area contributed by atoms with E-state index in [-0.39, 0.29) is 11.1 Å². The van der Waals surface area contributed by atoms with Crippen LogP contribution in [0.1, 0.15) is 27.9 Å². The minimum atomic E-state index is -3.09. The fourth-order valence-corrected chi connectivity index (χ4v) is 1.48. The summed E-state index contributed by atoms with van der Waals surface area (Å²) in [5.74, 6) is -2.65. The second kappa shape index (κ2) is 5.16. The van der Waals surface area contributed by atoms with Gasteiger partial charge in [-0.3, -0.25) is 0 Å². The molecule has 88 valence electrons. The summed E-state index contributed by atoms with van der Waals surface area (Å²) in [5.41, 5.74) is -1.51. The van der Waals surface area contributed by atoms with Crippen molar-refractivity contribution in [2.75, 3.05) is 7.11 Å². The molecule has 0 bridgehead atoms. The van der Waals surface area contributed by atoms with Crippen LogP contribution in [0.15, 0.2) is 6.20 Å². The number of carbonyl (C=O) groups excluding carboxylic acids is 1. The minimum Gasteiger partial charge on any atom is -0.465 e. The maximum absolute atomic E-state index is 13.0. The number of nitrogens with zero attached hydrogens (tertiary/aromatic N) is 1. The van der Waals surface area contributed by atoms with Gasteiger partial charge in [0.25, 0.3) is 6.43 Å². The fraction of sp³-hybridized carbons (Fsp3) is 0.333. The first-order valence-electron chi connectivity index (χ1n) is 4.12.